The van der Waals surface area contributed by atoms with Crippen LogP contribution in [0.3, 0.4) is 0 Å². The van der Waals surface area contributed by atoms with E-state index in [2.05, 4.69) is 42.1 Å². The maximum absolute atomic E-state index is 12.4. The number of hydrogen-bond acceptors (Lipinski definition) is 5. The number of amides is 2. The van der Waals surface area contributed by atoms with E-state index in [0.29, 0.717) is 11.4 Å². The summed E-state index contributed by atoms with van der Waals surface area (Å²) >= 11 is 3.36. The van der Waals surface area contributed by atoms with Crippen molar-refractivity contribution in [3.8, 4) is 5.69 Å². The van der Waals surface area contributed by atoms with Crippen LogP contribution < -0.4 is 10.6 Å². The average Bonchev–Trinajstić information content (AvgIpc) is 3.12. The largest absolute Gasteiger partial charge is 0.325 e. The van der Waals surface area contributed by atoms with Crippen LogP contribution in [0.1, 0.15) is 12.5 Å². The van der Waals surface area contributed by atoms with Crippen LogP contribution in [0, 0.1) is 0 Å². The van der Waals surface area contributed by atoms with E-state index >= 15 is 0 Å². The summed E-state index contributed by atoms with van der Waals surface area (Å²) in [6, 6.07) is 12.6. The minimum Gasteiger partial charge on any atom is -0.325 e. The first-order chi connectivity index (χ1) is 12.5. The Hall–Kier alpha value is -3.07. The Bertz CT molecular complexity index is 925. The van der Waals surface area contributed by atoms with E-state index < -0.39 is 0 Å². The molecule has 0 unspecified atom stereocenters. The van der Waals surface area contributed by atoms with Crippen molar-refractivity contribution in [3.05, 3.63) is 58.8 Å². The molecule has 2 N–H and O–H groups in total. The molecule has 1 aromatic heterocycles. The Balaban J connectivity index is 1.69. The number of aromatic nitrogens is 4. The van der Waals surface area contributed by atoms with Gasteiger partial charge in [-0.3, -0.25) is 9.59 Å². The van der Waals surface area contributed by atoms with Crippen LogP contribution in [0.5, 0.6) is 0 Å². The standard InChI is InChI=1S/C17H15BrN6O2/c1-11(25)20-15-7-4-13(18)9-16(15)21-17(26)8-12-2-5-14(6-3-12)24-10-19-22-23-24/h2-7,9-10H,8H2,1H3,(H,20,25)(H,21,26). The van der Waals surface area contributed by atoms with Crippen LogP contribution in [0.25, 0.3) is 5.69 Å². The number of tetrazole rings is 1. The molecule has 0 fully saturated rings. The smallest absolute Gasteiger partial charge is 0.228 e. The second kappa shape index (κ2) is 7.87. The third-order valence-corrected chi connectivity index (χ3v) is 3.97. The van der Waals surface area contributed by atoms with Crippen LogP contribution in [0.15, 0.2) is 53.3 Å². The maximum Gasteiger partial charge on any atom is 0.228 e. The summed E-state index contributed by atoms with van der Waals surface area (Å²) in [5.74, 6) is -0.397. The lowest BCUT2D eigenvalue weighted by Crippen LogP contribution is -2.17. The molecule has 0 aliphatic carbocycles. The van der Waals surface area contributed by atoms with Gasteiger partial charge in [0.2, 0.25) is 11.8 Å². The van der Waals surface area contributed by atoms with Gasteiger partial charge in [-0.2, -0.15) is 0 Å². The van der Waals surface area contributed by atoms with Crippen molar-refractivity contribution in [1.29, 1.82) is 0 Å². The van der Waals surface area contributed by atoms with Crippen molar-refractivity contribution >= 4 is 39.1 Å². The molecule has 8 nitrogen and oxygen atoms in total. The van der Waals surface area contributed by atoms with E-state index in [0.717, 1.165) is 15.7 Å². The number of benzene rings is 2. The molecule has 26 heavy (non-hydrogen) atoms. The van der Waals surface area contributed by atoms with Gasteiger partial charge in [-0.05, 0) is 46.3 Å². The minimum absolute atomic E-state index is 0.190. The van der Waals surface area contributed by atoms with Crippen molar-refractivity contribution in [1.82, 2.24) is 20.2 Å². The molecule has 9 heteroatoms. The highest BCUT2D eigenvalue weighted by Gasteiger charge is 2.10. The van der Waals surface area contributed by atoms with Crippen LogP contribution in [0.4, 0.5) is 11.4 Å². The number of carbonyl (C=O) groups excluding carboxylic acids is 2. The van der Waals surface area contributed by atoms with E-state index in [1.807, 2.05) is 24.3 Å². The van der Waals surface area contributed by atoms with Gasteiger partial charge in [-0.25, -0.2) is 4.68 Å². The lowest BCUT2D eigenvalue weighted by atomic mass is 10.1. The summed E-state index contributed by atoms with van der Waals surface area (Å²) < 4.78 is 2.33. The number of nitrogens with zero attached hydrogens (tertiary/aromatic N) is 4. The fourth-order valence-corrected chi connectivity index (χ4v) is 2.71. The molecule has 0 saturated carbocycles. The number of halogens is 1. The topological polar surface area (TPSA) is 102 Å². The first kappa shape index (κ1) is 17.7. The van der Waals surface area contributed by atoms with Crippen LogP contribution in [-0.2, 0) is 16.0 Å². The van der Waals surface area contributed by atoms with Gasteiger partial charge in [0, 0.05) is 11.4 Å². The van der Waals surface area contributed by atoms with Crippen LogP contribution in [-0.4, -0.2) is 32.0 Å². The first-order valence-corrected chi connectivity index (χ1v) is 8.50. The summed E-state index contributed by atoms with van der Waals surface area (Å²) in [5.41, 5.74) is 2.72. The Kier molecular flexibility index (Phi) is 5.37. The van der Waals surface area contributed by atoms with E-state index in [1.165, 1.54) is 17.9 Å². The van der Waals surface area contributed by atoms with Crippen molar-refractivity contribution in [2.24, 2.45) is 0 Å². The highest BCUT2D eigenvalue weighted by atomic mass is 79.9. The van der Waals surface area contributed by atoms with Crippen LogP contribution in [0.2, 0.25) is 0 Å². The van der Waals surface area contributed by atoms with Gasteiger partial charge in [-0.1, -0.05) is 28.1 Å². The highest BCUT2D eigenvalue weighted by Crippen LogP contribution is 2.26. The van der Waals surface area contributed by atoms with Gasteiger partial charge in [-0.15, -0.1) is 5.10 Å². The summed E-state index contributed by atoms with van der Waals surface area (Å²) in [6.07, 6.45) is 1.69. The first-order valence-electron chi connectivity index (χ1n) is 7.70. The number of anilines is 2. The van der Waals surface area contributed by atoms with Gasteiger partial charge in [0.05, 0.1) is 23.5 Å². The Morgan fingerprint density at radius 3 is 2.50 bits per heavy atom. The average molecular weight is 415 g/mol. The molecule has 1 heterocycles. The zero-order valence-electron chi connectivity index (χ0n) is 13.8. The molecule has 0 aliphatic rings. The van der Waals surface area contributed by atoms with E-state index in [1.54, 1.807) is 18.2 Å². The molecule has 3 rings (SSSR count). The van der Waals surface area contributed by atoms with E-state index in [4.69, 9.17) is 0 Å². The van der Waals surface area contributed by atoms with Crippen molar-refractivity contribution in [3.63, 3.8) is 0 Å². The summed E-state index contributed by atoms with van der Waals surface area (Å²) in [6.45, 7) is 1.42. The molecule has 0 spiro atoms. The molecule has 0 radical (unpaired) electrons. The summed E-state index contributed by atoms with van der Waals surface area (Å²) in [5, 5.41) is 16.5. The van der Waals surface area contributed by atoms with Crippen molar-refractivity contribution in [2.45, 2.75) is 13.3 Å². The molecular weight excluding hydrogens is 400 g/mol. The molecule has 2 aromatic carbocycles. The molecule has 132 valence electrons. The van der Waals surface area contributed by atoms with Gasteiger partial charge < -0.3 is 10.6 Å². The molecule has 0 bridgehead atoms. The summed E-state index contributed by atoms with van der Waals surface area (Å²) in [4.78, 5) is 23.7. The lowest BCUT2D eigenvalue weighted by Gasteiger charge is -2.12. The van der Waals surface area contributed by atoms with Gasteiger partial charge in [0.25, 0.3) is 0 Å². The van der Waals surface area contributed by atoms with E-state index in [9.17, 15) is 9.59 Å². The third kappa shape index (κ3) is 4.51. The lowest BCUT2D eigenvalue weighted by molar-refractivity contribution is -0.116. The maximum atomic E-state index is 12.4. The minimum atomic E-state index is -0.207. The zero-order valence-corrected chi connectivity index (χ0v) is 15.4. The van der Waals surface area contributed by atoms with Crippen molar-refractivity contribution in [2.75, 3.05) is 10.6 Å². The molecule has 0 aliphatic heterocycles. The molecule has 3 aromatic rings. The quantitative estimate of drug-likeness (QED) is 0.667. The number of nitrogens with one attached hydrogen (secondary N) is 2. The number of carbonyl (C=O) groups is 2. The third-order valence-electron chi connectivity index (χ3n) is 3.48. The molecule has 0 saturated heterocycles. The summed E-state index contributed by atoms with van der Waals surface area (Å²) in [7, 11) is 0. The second-order valence-corrected chi connectivity index (χ2v) is 6.43. The fraction of sp³-hybridized carbons (Fsp3) is 0.118. The Labute approximate surface area is 157 Å². The normalized spacial score (nSPS) is 10.4. The van der Waals surface area contributed by atoms with Gasteiger partial charge >= 0.3 is 0 Å². The molecule has 2 amide bonds. The Morgan fingerprint density at radius 2 is 1.85 bits per heavy atom. The van der Waals surface area contributed by atoms with Crippen LogP contribution >= 0.6 is 15.9 Å². The van der Waals surface area contributed by atoms with Gasteiger partial charge in [0.15, 0.2) is 0 Å². The SMILES string of the molecule is CC(=O)Nc1ccc(Br)cc1NC(=O)Cc1ccc(-n2cnnn2)cc1. The van der Waals surface area contributed by atoms with E-state index in [-0.39, 0.29) is 18.2 Å². The molecule has 0 atom stereocenters. The van der Waals surface area contributed by atoms with Crippen molar-refractivity contribution < 1.29 is 9.59 Å². The number of rotatable bonds is 5. The molecular formula is C17H15BrN6O2. The monoisotopic (exact) mass is 414 g/mol. The number of hydrogen-bond donors (Lipinski definition) is 2. The second-order valence-electron chi connectivity index (χ2n) is 5.52. The predicted molar refractivity (Wildman–Crippen MR) is 99.9 cm³/mol. The zero-order chi connectivity index (χ0) is 18.5. The van der Waals surface area contributed by atoms with Gasteiger partial charge in [0.1, 0.15) is 6.33 Å². The highest BCUT2D eigenvalue weighted by molar-refractivity contribution is 9.10. The fourth-order valence-electron chi connectivity index (χ4n) is 2.34. The Morgan fingerprint density at radius 1 is 1.08 bits per heavy atom. The predicted octanol–water partition coefficient (Wildman–Crippen LogP) is 2.56.